The molecule has 0 spiro atoms. The molecule has 0 unspecified atom stereocenters. The molecule has 1 N–H and O–H groups in total. The van der Waals surface area contributed by atoms with E-state index in [2.05, 4.69) is 4.98 Å². The van der Waals surface area contributed by atoms with Crippen LogP contribution in [0.3, 0.4) is 0 Å². The van der Waals surface area contributed by atoms with Crippen LogP contribution >= 0.6 is 0 Å². The van der Waals surface area contributed by atoms with Gasteiger partial charge in [-0.05, 0) is 23.1 Å². The lowest BCUT2D eigenvalue weighted by molar-refractivity contribution is -0.136. The second kappa shape index (κ2) is 5.13. The van der Waals surface area contributed by atoms with E-state index in [0.717, 1.165) is 27.6 Å². The Morgan fingerprint density at radius 1 is 1.05 bits per heavy atom. The van der Waals surface area contributed by atoms with Gasteiger partial charge in [0.15, 0.2) is 0 Å². The molecule has 20 heavy (non-hydrogen) atoms. The van der Waals surface area contributed by atoms with Crippen molar-refractivity contribution < 1.29 is 9.90 Å². The smallest absolute Gasteiger partial charge is 0.307 e. The number of hydrogen-bond donors (Lipinski definition) is 1. The minimum Gasteiger partial charge on any atom is -0.481 e. The summed E-state index contributed by atoms with van der Waals surface area (Å²) in [4.78, 5) is 15.3. The number of benzene rings is 2. The maximum absolute atomic E-state index is 10.8. The Labute approximate surface area is 116 Å². The Kier molecular flexibility index (Phi) is 3.17. The molecule has 0 amide bonds. The van der Waals surface area contributed by atoms with Crippen LogP contribution in [0.5, 0.6) is 0 Å². The van der Waals surface area contributed by atoms with E-state index in [0.29, 0.717) is 0 Å². The highest BCUT2D eigenvalue weighted by Gasteiger charge is 2.07. The number of aromatic nitrogens is 1. The Hall–Kier alpha value is -2.68. The topological polar surface area (TPSA) is 50.2 Å². The van der Waals surface area contributed by atoms with Crippen molar-refractivity contribution in [1.29, 1.82) is 0 Å². The first kappa shape index (κ1) is 12.4. The van der Waals surface area contributed by atoms with Crippen molar-refractivity contribution in [2.75, 3.05) is 0 Å². The summed E-state index contributed by atoms with van der Waals surface area (Å²) in [5, 5.41) is 11.1. The van der Waals surface area contributed by atoms with Gasteiger partial charge in [0.25, 0.3) is 0 Å². The molecule has 0 aliphatic carbocycles. The highest BCUT2D eigenvalue weighted by Crippen LogP contribution is 2.26. The molecule has 0 radical (unpaired) electrons. The second-order valence-corrected chi connectivity index (χ2v) is 4.65. The maximum atomic E-state index is 10.8. The van der Waals surface area contributed by atoms with E-state index in [1.807, 2.05) is 54.6 Å². The summed E-state index contributed by atoms with van der Waals surface area (Å²) in [6, 6.07) is 17.6. The molecule has 3 heteroatoms. The van der Waals surface area contributed by atoms with Gasteiger partial charge in [-0.1, -0.05) is 42.5 Å². The average Bonchev–Trinajstić information content (AvgIpc) is 2.46. The lowest BCUT2D eigenvalue weighted by atomic mass is 10.0. The van der Waals surface area contributed by atoms with Gasteiger partial charge in [0.05, 0.1) is 12.1 Å². The van der Waals surface area contributed by atoms with Crippen LogP contribution in [0.15, 0.2) is 60.8 Å². The van der Waals surface area contributed by atoms with Gasteiger partial charge in [-0.15, -0.1) is 0 Å². The molecule has 0 aliphatic heterocycles. The summed E-state index contributed by atoms with van der Waals surface area (Å²) in [6.45, 7) is 0. The Morgan fingerprint density at radius 2 is 1.90 bits per heavy atom. The molecule has 3 rings (SSSR count). The van der Waals surface area contributed by atoms with E-state index in [9.17, 15) is 4.79 Å². The van der Waals surface area contributed by atoms with Gasteiger partial charge in [-0.25, -0.2) is 0 Å². The molecule has 98 valence electrons. The standard InChI is InChI=1S/C17H13NO2/c19-16(20)11-12-4-3-6-14(10-12)17-15-7-2-1-5-13(15)8-9-18-17/h1-10H,11H2,(H,19,20). The van der Waals surface area contributed by atoms with E-state index in [4.69, 9.17) is 5.11 Å². The zero-order valence-corrected chi connectivity index (χ0v) is 10.8. The number of carboxylic acids is 1. The van der Waals surface area contributed by atoms with E-state index >= 15 is 0 Å². The van der Waals surface area contributed by atoms with Crippen LogP contribution in [-0.4, -0.2) is 16.1 Å². The third-order valence-corrected chi connectivity index (χ3v) is 3.23. The second-order valence-electron chi connectivity index (χ2n) is 4.65. The van der Waals surface area contributed by atoms with Gasteiger partial charge in [-0.2, -0.15) is 0 Å². The third kappa shape index (κ3) is 2.38. The summed E-state index contributed by atoms with van der Waals surface area (Å²) >= 11 is 0. The van der Waals surface area contributed by atoms with Crippen molar-refractivity contribution in [3.63, 3.8) is 0 Å². The van der Waals surface area contributed by atoms with Crippen LogP contribution in [0.4, 0.5) is 0 Å². The molecule has 3 aromatic rings. The molecule has 1 heterocycles. The Balaban J connectivity index is 2.13. The van der Waals surface area contributed by atoms with Crippen LogP contribution in [0.2, 0.25) is 0 Å². The normalized spacial score (nSPS) is 10.6. The van der Waals surface area contributed by atoms with Crippen molar-refractivity contribution in [3.8, 4) is 11.3 Å². The third-order valence-electron chi connectivity index (χ3n) is 3.23. The van der Waals surface area contributed by atoms with Crippen molar-refractivity contribution >= 4 is 16.7 Å². The lowest BCUT2D eigenvalue weighted by Crippen LogP contribution is -2.00. The summed E-state index contributed by atoms with van der Waals surface area (Å²) in [5.74, 6) is -0.826. The largest absolute Gasteiger partial charge is 0.481 e. The molecule has 0 atom stereocenters. The minimum absolute atomic E-state index is 0.0264. The van der Waals surface area contributed by atoms with Crippen molar-refractivity contribution in [2.24, 2.45) is 0 Å². The highest BCUT2D eigenvalue weighted by atomic mass is 16.4. The predicted molar refractivity (Wildman–Crippen MR) is 78.5 cm³/mol. The average molecular weight is 263 g/mol. The first-order valence-corrected chi connectivity index (χ1v) is 6.39. The minimum atomic E-state index is -0.826. The Morgan fingerprint density at radius 3 is 2.75 bits per heavy atom. The molecule has 3 nitrogen and oxygen atoms in total. The van der Waals surface area contributed by atoms with Gasteiger partial charge in [-0.3, -0.25) is 9.78 Å². The number of fused-ring (bicyclic) bond motifs is 1. The van der Waals surface area contributed by atoms with Crippen LogP contribution < -0.4 is 0 Å². The number of pyridine rings is 1. The number of carboxylic acid groups (broad SMARTS) is 1. The molecule has 0 fully saturated rings. The molecule has 1 aromatic heterocycles. The summed E-state index contributed by atoms with van der Waals surface area (Å²) in [7, 11) is 0. The molecular weight excluding hydrogens is 250 g/mol. The van der Waals surface area contributed by atoms with Gasteiger partial charge in [0.1, 0.15) is 0 Å². The fourth-order valence-electron chi connectivity index (χ4n) is 2.35. The van der Waals surface area contributed by atoms with E-state index in [-0.39, 0.29) is 6.42 Å². The van der Waals surface area contributed by atoms with E-state index in [1.165, 1.54) is 0 Å². The van der Waals surface area contributed by atoms with Crippen LogP contribution in [-0.2, 0) is 11.2 Å². The molecular formula is C17H13NO2. The molecule has 0 saturated carbocycles. The molecule has 0 bridgehead atoms. The summed E-state index contributed by atoms with van der Waals surface area (Å²) in [5.41, 5.74) is 2.61. The molecule has 0 saturated heterocycles. The number of rotatable bonds is 3. The number of aliphatic carboxylic acids is 1. The van der Waals surface area contributed by atoms with Crippen molar-refractivity contribution in [3.05, 3.63) is 66.4 Å². The SMILES string of the molecule is O=C(O)Cc1cccc(-c2nccc3ccccc23)c1. The maximum Gasteiger partial charge on any atom is 0.307 e. The van der Waals surface area contributed by atoms with E-state index < -0.39 is 5.97 Å². The summed E-state index contributed by atoms with van der Waals surface area (Å²) in [6.07, 6.45) is 1.81. The van der Waals surface area contributed by atoms with Crippen LogP contribution in [0.25, 0.3) is 22.0 Å². The lowest BCUT2D eigenvalue weighted by Gasteiger charge is -2.07. The quantitative estimate of drug-likeness (QED) is 0.786. The van der Waals surface area contributed by atoms with E-state index in [1.54, 1.807) is 6.20 Å². The fraction of sp³-hybridized carbons (Fsp3) is 0.0588. The predicted octanol–water partition coefficient (Wildman–Crippen LogP) is 3.53. The van der Waals surface area contributed by atoms with Gasteiger partial charge >= 0.3 is 5.97 Å². The van der Waals surface area contributed by atoms with Gasteiger partial charge in [0.2, 0.25) is 0 Å². The van der Waals surface area contributed by atoms with Crippen LogP contribution in [0, 0.1) is 0 Å². The number of nitrogens with zero attached hydrogens (tertiary/aromatic N) is 1. The van der Waals surface area contributed by atoms with Gasteiger partial charge in [0, 0.05) is 17.1 Å². The number of carbonyl (C=O) groups is 1. The van der Waals surface area contributed by atoms with Crippen molar-refractivity contribution in [2.45, 2.75) is 6.42 Å². The zero-order chi connectivity index (χ0) is 13.9. The van der Waals surface area contributed by atoms with Crippen LogP contribution in [0.1, 0.15) is 5.56 Å². The fourth-order valence-corrected chi connectivity index (χ4v) is 2.35. The monoisotopic (exact) mass is 263 g/mol. The summed E-state index contributed by atoms with van der Waals surface area (Å²) < 4.78 is 0. The molecule has 0 aliphatic rings. The highest BCUT2D eigenvalue weighted by molar-refractivity contribution is 5.94. The molecule has 2 aromatic carbocycles. The number of hydrogen-bond acceptors (Lipinski definition) is 2. The zero-order valence-electron chi connectivity index (χ0n) is 10.8. The van der Waals surface area contributed by atoms with Crippen molar-refractivity contribution in [1.82, 2.24) is 4.98 Å². The first-order valence-electron chi connectivity index (χ1n) is 6.39. The Bertz CT molecular complexity index is 775. The van der Waals surface area contributed by atoms with Gasteiger partial charge < -0.3 is 5.11 Å². The first-order chi connectivity index (χ1) is 9.74.